The minimum atomic E-state index is -3.97. The van der Waals surface area contributed by atoms with Crippen molar-refractivity contribution in [1.29, 1.82) is 0 Å². The third-order valence-corrected chi connectivity index (χ3v) is 13.1. The summed E-state index contributed by atoms with van der Waals surface area (Å²) in [5, 5.41) is 15.8. The summed E-state index contributed by atoms with van der Waals surface area (Å²) in [6, 6.07) is 5.58. The van der Waals surface area contributed by atoms with E-state index >= 15 is 0 Å². The average Bonchev–Trinajstić information content (AvgIpc) is 3.94. The molecule has 7 rings (SSSR count). The van der Waals surface area contributed by atoms with Crippen molar-refractivity contribution in [3.8, 4) is 5.75 Å². The lowest BCUT2D eigenvalue weighted by Gasteiger charge is -2.36. The third kappa shape index (κ3) is 5.77. The molecule has 48 heavy (non-hydrogen) atoms. The molecule has 5 aliphatic rings. The van der Waals surface area contributed by atoms with Crippen LogP contribution in [0.15, 0.2) is 42.6 Å². The molecule has 4 heterocycles. The normalized spacial score (nSPS) is 31.3. The number of sulfonamides is 1. The van der Waals surface area contributed by atoms with Gasteiger partial charge in [0.2, 0.25) is 21.8 Å². The second-order valence-electron chi connectivity index (χ2n) is 14.3. The molecule has 2 aliphatic carbocycles. The Bertz CT molecular complexity index is 1830. The zero-order valence-corrected chi connectivity index (χ0v) is 27.7. The van der Waals surface area contributed by atoms with Gasteiger partial charge in [0, 0.05) is 23.3 Å². The maximum atomic E-state index is 14.3. The SMILES string of the molecule is CC1(S(=O)(=O)NC(=O)[C@@]23C[C@H]2C=CCCCCC[C@H](NC(=O)O)C(=O)N2C[C@@]4(CCc5c(cnc6ccccc56)O4)C[C@H]2C(=O)N3)CC1. The number of aromatic nitrogens is 1. The standard InChI is InChI=1S/C34H41N5O8S/c1-32(15-16-32)48(45,46)38-30(42)34-17-21(34)9-5-3-2-4-6-12-25(36-31(43)44)29(41)39-20-33(18-26(39)28(40)37-34)14-13-23-22-10-7-8-11-24(22)35-19-27(23)47-33/h5,7-11,19,21,25-26,36H,2-4,6,12-18,20H2,1H3,(H,37,40)(H,38,42)(H,43,44)/t21-,25+,26+,33-,34-/m1/s1. The highest BCUT2D eigenvalue weighted by Gasteiger charge is 2.64. The number of benzene rings is 1. The van der Waals surface area contributed by atoms with Crippen molar-refractivity contribution in [3.05, 3.63) is 48.2 Å². The van der Waals surface area contributed by atoms with Gasteiger partial charge in [0.05, 0.1) is 23.0 Å². The summed E-state index contributed by atoms with van der Waals surface area (Å²) >= 11 is 0. The van der Waals surface area contributed by atoms with E-state index in [4.69, 9.17) is 4.74 Å². The van der Waals surface area contributed by atoms with Crippen LogP contribution in [0, 0.1) is 5.92 Å². The molecule has 1 saturated heterocycles. The number of nitrogens with zero attached hydrogens (tertiary/aromatic N) is 2. The number of allylic oxidation sites excluding steroid dienone is 1. The maximum Gasteiger partial charge on any atom is 0.405 e. The van der Waals surface area contributed by atoms with Crippen molar-refractivity contribution in [2.45, 2.75) is 106 Å². The topological polar surface area (TPSA) is 184 Å². The van der Waals surface area contributed by atoms with Crippen LogP contribution in [0.5, 0.6) is 5.75 Å². The third-order valence-electron chi connectivity index (χ3n) is 10.9. The Hall–Kier alpha value is -4.20. The summed E-state index contributed by atoms with van der Waals surface area (Å²) in [6.07, 6.45) is 9.48. The van der Waals surface area contributed by atoms with Gasteiger partial charge in [-0.05, 0) is 64.4 Å². The highest BCUT2D eigenvalue weighted by Crippen LogP contribution is 2.48. The number of ether oxygens (including phenoxy) is 1. The molecule has 256 valence electrons. The highest BCUT2D eigenvalue weighted by molar-refractivity contribution is 7.91. The molecule has 14 heteroatoms. The summed E-state index contributed by atoms with van der Waals surface area (Å²) in [7, 11) is -3.97. The van der Waals surface area contributed by atoms with Crippen molar-refractivity contribution in [2.24, 2.45) is 5.92 Å². The van der Waals surface area contributed by atoms with E-state index in [1.165, 1.54) is 4.90 Å². The van der Waals surface area contributed by atoms with Gasteiger partial charge in [-0.3, -0.25) is 24.1 Å². The van der Waals surface area contributed by atoms with Crippen LogP contribution in [-0.2, 0) is 30.8 Å². The number of carbonyl (C=O) groups excluding carboxylic acids is 3. The van der Waals surface area contributed by atoms with Gasteiger partial charge in [-0.1, -0.05) is 43.2 Å². The lowest BCUT2D eigenvalue weighted by atomic mass is 9.87. The van der Waals surface area contributed by atoms with E-state index in [0.29, 0.717) is 44.3 Å². The smallest absolute Gasteiger partial charge is 0.405 e. The van der Waals surface area contributed by atoms with Crippen molar-refractivity contribution in [1.82, 2.24) is 25.2 Å². The fourth-order valence-electron chi connectivity index (χ4n) is 7.55. The molecule has 2 saturated carbocycles. The summed E-state index contributed by atoms with van der Waals surface area (Å²) in [4.78, 5) is 60.0. The van der Waals surface area contributed by atoms with Gasteiger partial charge in [-0.25, -0.2) is 13.2 Å². The first-order valence-electron chi connectivity index (χ1n) is 16.8. The van der Waals surface area contributed by atoms with Crippen LogP contribution in [0.2, 0.25) is 0 Å². The number of carboxylic acid groups (broad SMARTS) is 1. The molecular weight excluding hydrogens is 638 g/mol. The van der Waals surface area contributed by atoms with Crippen LogP contribution in [0.4, 0.5) is 4.79 Å². The summed E-state index contributed by atoms with van der Waals surface area (Å²) in [5.74, 6) is -1.80. The van der Waals surface area contributed by atoms with Gasteiger partial charge in [-0.2, -0.15) is 0 Å². The second-order valence-corrected chi connectivity index (χ2v) is 16.5. The van der Waals surface area contributed by atoms with E-state index in [1.54, 1.807) is 13.1 Å². The molecule has 4 N–H and O–H groups in total. The number of aryl methyl sites for hydroxylation is 1. The zero-order valence-electron chi connectivity index (χ0n) is 26.9. The van der Waals surface area contributed by atoms with Crippen molar-refractivity contribution >= 4 is 44.7 Å². The van der Waals surface area contributed by atoms with Crippen LogP contribution in [0.1, 0.15) is 76.7 Å². The number of pyridine rings is 1. The summed E-state index contributed by atoms with van der Waals surface area (Å²) in [6.45, 7) is 1.62. The number of fused-ring (bicyclic) bond motifs is 5. The summed E-state index contributed by atoms with van der Waals surface area (Å²) < 4.78 is 34.0. The Morgan fingerprint density at radius 3 is 2.67 bits per heavy atom. The Labute approximate surface area is 278 Å². The van der Waals surface area contributed by atoms with Gasteiger partial charge >= 0.3 is 6.09 Å². The average molecular weight is 680 g/mol. The molecule has 1 aromatic carbocycles. The molecule has 0 bridgehead atoms. The number of hydrogen-bond acceptors (Lipinski definition) is 8. The molecule has 0 radical (unpaired) electrons. The first kappa shape index (κ1) is 32.4. The second kappa shape index (κ2) is 11.7. The Kier molecular flexibility index (Phi) is 7.92. The number of carbonyl (C=O) groups is 4. The van der Waals surface area contributed by atoms with Crippen LogP contribution in [-0.4, -0.2) is 81.7 Å². The van der Waals surface area contributed by atoms with Crippen molar-refractivity contribution < 1.29 is 37.4 Å². The minimum Gasteiger partial charge on any atom is -0.483 e. The lowest BCUT2D eigenvalue weighted by molar-refractivity contribution is -0.141. The van der Waals surface area contributed by atoms with E-state index in [-0.39, 0.29) is 25.8 Å². The molecular formula is C34H41N5O8S. The highest BCUT2D eigenvalue weighted by atomic mass is 32.2. The largest absolute Gasteiger partial charge is 0.483 e. The molecule has 13 nitrogen and oxygen atoms in total. The Morgan fingerprint density at radius 1 is 1.10 bits per heavy atom. The quantitative estimate of drug-likeness (QED) is 0.353. The predicted molar refractivity (Wildman–Crippen MR) is 174 cm³/mol. The van der Waals surface area contributed by atoms with Gasteiger partial charge in [0.25, 0.3) is 5.91 Å². The van der Waals surface area contributed by atoms with Crippen LogP contribution in [0.25, 0.3) is 10.9 Å². The minimum absolute atomic E-state index is 0.0310. The van der Waals surface area contributed by atoms with Crippen molar-refractivity contribution in [3.63, 3.8) is 0 Å². The number of para-hydroxylation sites is 1. The van der Waals surface area contributed by atoms with E-state index in [2.05, 4.69) is 20.3 Å². The number of amides is 4. The first-order valence-corrected chi connectivity index (χ1v) is 18.2. The maximum absolute atomic E-state index is 14.3. The van der Waals surface area contributed by atoms with Crippen LogP contribution in [0.3, 0.4) is 0 Å². The van der Waals surface area contributed by atoms with E-state index in [9.17, 15) is 32.7 Å². The van der Waals surface area contributed by atoms with Crippen molar-refractivity contribution in [2.75, 3.05) is 6.54 Å². The molecule has 1 spiro atoms. The zero-order chi connectivity index (χ0) is 33.9. The monoisotopic (exact) mass is 679 g/mol. The summed E-state index contributed by atoms with van der Waals surface area (Å²) in [5.41, 5.74) is -0.638. The predicted octanol–water partition coefficient (Wildman–Crippen LogP) is 2.93. The fraction of sp³-hybridized carbons (Fsp3) is 0.559. The van der Waals surface area contributed by atoms with E-state index in [1.807, 2.05) is 36.4 Å². The first-order chi connectivity index (χ1) is 22.9. The van der Waals surface area contributed by atoms with Gasteiger partial charge in [-0.15, -0.1) is 0 Å². The fourth-order valence-corrected chi connectivity index (χ4v) is 8.86. The molecule has 3 aliphatic heterocycles. The molecule has 0 unspecified atom stereocenters. The van der Waals surface area contributed by atoms with Gasteiger partial charge < -0.3 is 25.4 Å². The number of hydrogen-bond donors (Lipinski definition) is 4. The lowest BCUT2D eigenvalue weighted by Crippen LogP contribution is -2.58. The van der Waals surface area contributed by atoms with Gasteiger partial charge in [0.15, 0.2) is 0 Å². The number of rotatable bonds is 4. The molecule has 3 fully saturated rings. The van der Waals surface area contributed by atoms with Crippen LogP contribution >= 0.6 is 0 Å². The van der Waals surface area contributed by atoms with Gasteiger partial charge in [0.1, 0.15) is 29.0 Å². The van der Waals surface area contributed by atoms with E-state index < -0.39 is 67.7 Å². The van der Waals surface area contributed by atoms with Crippen LogP contribution < -0.4 is 20.1 Å². The molecule has 4 amide bonds. The number of nitrogens with one attached hydrogen (secondary N) is 3. The Morgan fingerprint density at radius 2 is 1.90 bits per heavy atom. The molecule has 2 aromatic rings. The molecule has 5 atom stereocenters. The van der Waals surface area contributed by atoms with E-state index in [0.717, 1.165) is 29.3 Å². The Balaban J connectivity index is 1.22. The molecule has 1 aromatic heterocycles.